The summed E-state index contributed by atoms with van der Waals surface area (Å²) in [6.45, 7) is 1.69. The van der Waals surface area contributed by atoms with E-state index in [4.69, 9.17) is 15.7 Å². The monoisotopic (exact) mass is 260 g/mol. The molecule has 0 saturated carbocycles. The van der Waals surface area contributed by atoms with Crippen LogP contribution >= 0.6 is 0 Å². The molecule has 2 rings (SSSR count). The lowest BCUT2D eigenvalue weighted by atomic mass is 10.2. The molecule has 3 nitrogen and oxygen atoms in total. The van der Waals surface area contributed by atoms with Crippen molar-refractivity contribution in [3.05, 3.63) is 53.1 Å². The standard InChI is InChI=1S/C14H10F2N2O/c1-8-5-14(11(16)6-12(8)18)19-13-4-2-3-10(15)9(13)7-17/h2-6H,18H2,1H3. The summed E-state index contributed by atoms with van der Waals surface area (Å²) in [5.74, 6) is -1.52. The first-order chi connectivity index (χ1) is 9.02. The third-order valence-corrected chi connectivity index (χ3v) is 2.63. The minimum Gasteiger partial charge on any atom is -0.453 e. The van der Waals surface area contributed by atoms with Gasteiger partial charge < -0.3 is 10.5 Å². The Kier molecular flexibility index (Phi) is 3.34. The van der Waals surface area contributed by atoms with Crippen molar-refractivity contribution >= 4 is 5.69 Å². The van der Waals surface area contributed by atoms with E-state index >= 15 is 0 Å². The summed E-state index contributed by atoms with van der Waals surface area (Å²) in [6.07, 6.45) is 0. The molecule has 0 aliphatic heterocycles. The molecular weight excluding hydrogens is 250 g/mol. The van der Waals surface area contributed by atoms with Gasteiger partial charge in [-0.1, -0.05) is 6.07 Å². The lowest BCUT2D eigenvalue weighted by Crippen LogP contribution is -1.97. The molecule has 0 aliphatic rings. The third kappa shape index (κ3) is 2.47. The Labute approximate surface area is 108 Å². The first kappa shape index (κ1) is 12.8. The molecule has 0 aliphatic carbocycles. The summed E-state index contributed by atoms with van der Waals surface area (Å²) in [7, 11) is 0. The van der Waals surface area contributed by atoms with Gasteiger partial charge in [-0.2, -0.15) is 5.26 Å². The largest absolute Gasteiger partial charge is 0.453 e. The van der Waals surface area contributed by atoms with E-state index in [9.17, 15) is 8.78 Å². The van der Waals surface area contributed by atoms with E-state index < -0.39 is 11.6 Å². The number of halogens is 2. The van der Waals surface area contributed by atoms with E-state index in [0.717, 1.165) is 12.1 Å². The van der Waals surface area contributed by atoms with Crippen LogP contribution in [0.4, 0.5) is 14.5 Å². The van der Waals surface area contributed by atoms with Gasteiger partial charge in [-0.3, -0.25) is 0 Å². The second-order valence-corrected chi connectivity index (χ2v) is 3.97. The first-order valence-electron chi connectivity index (χ1n) is 5.45. The predicted molar refractivity (Wildman–Crippen MR) is 66.7 cm³/mol. The van der Waals surface area contributed by atoms with Gasteiger partial charge in [0.15, 0.2) is 11.6 Å². The van der Waals surface area contributed by atoms with E-state index in [1.807, 2.05) is 0 Å². The van der Waals surface area contributed by atoms with E-state index in [2.05, 4.69) is 0 Å². The number of aryl methyl sites for hydroxylation is 1. The van der Waals surface area contributed by atoms with Gasteiger partial charge in [0.2, 0.25) is 0 Å². The average Bonchev–Trinajstić information content (AvgIpc) is 2.36. The highest BCUT2D eigenvalue weighted by Crippen LogP contribution is 2.30. The van der Waals surface area contributed by atoms with Gasteiger partial charge in [0.05, 0.1) is 0 Å². The minimum atomic E-state index is -0.715. The summed E-state index contributed by atoms with van der Waals surface area (Å²) in [5.41, 5.74) is 6.21. The fourth-order valence-electron chi connectivity index (χ4n) is 1.56. The zero-order chi connectivity index (χ0) is 14.0. The van der Waals surface area contributed by atoms with Gasteiger partial charge in [0, 0.05) is 11.8 Å². The van der Waals surface area contributed by atoms with Crippen molar-refractivity contribution < 1.29 is 13.5 Å². The quantitative estimate of drug-likeness (QED) is 0.840. The molecule has 0 saturated heterocycles. The van der Waals surface area contributed by atoms with E-state index in [1.54, 1.807) is 13.0 Å². The number of hydrogen-bond acceptors (Lipinski definition) is 3. The highest BCUT2D eigenvalue weighted by molar-refractivity contribution is 5.52. The van der Waals surface area contributed by atoms with Crippen molar-refractivity contribution in [2.24, 2.45) is 0 Å². The molecule has 0 bridgehead atoms. The molecule has 0 unspecified atom stereocenters. The topological polar surface area (TPSA) is 59.0 Å². The maximum atomic E-state index is 13.7. The molecule has 0 aromatic heterocycles. The third-order valence-electron chi connectivity index (χ3n) is 2.63. The number of nitriles is 1. The Bertz CT molecular complexity index is 678. The molecule has 0 fully saturated rings. The summed E-state index contributed by atoms with van der Waals surface area (Å²) in [4.78, 5) is 0. The Morgan fingerprint density at radius 3 is 2.58 bits per heavy atom. The highest BCUT2D eigenvalue weighted by atomic mass is 19.1. The highest BCUT2D eigenvalue weighted by Gasteiger charge is 2.13. The SMILES string of the molecule is Cc1cc(Oc2cccc(F)c2C#N)c(F)cc1N. The number of rotatable bonds is 2. The van der Waals surface area contributed by atoms with Crippen LogP contribution in [0.15, 0.2) is 30.3 Å². The van der Waals surface area contributed by atoms with Crippen LogP contribution in [0.3, 0.4) is 0 Å². The fraction of sp³-hybridized carbons (Fsp3) is 0.0714. The number of nitrogens with zero attached hydrogens (tertiary/aromatic N) is 1. The second kappa shape index (κ2) is 4.94. The molecule has 2 N–H and O–H groups in total. The Balaban J connectivity index is 2.45. The normalized spacial score (nSPS) is 10.0. The average molecular weight is 260 g/mol. The maximum Gasteiger partial charge on any atom is 0.167 e. The van der Waals surface area contributed by atoms with Crippen LogP contribution in [-0.2, 0) is 0 Å². The number of nitrogen functional groups attached to an aromatic ring is 1. The van der Waals surface area contributed by atoms with Crippen LogP contribution in [0.1, 0.15) is 11.1 Å². The van der Waals surface area contributed by atoms with Crippen LogP contribution in [0.2, 0.25) is 0 Å². The van der Waals surface area contributed by atoms with Gasteiger partial charge in [-0.25, -0.2) is 8.78 Å². The van der Waals surface area contributed by atoms with Gasteiger partial charge in [0.1, 0.15) is 23.2 Å². The van der Waals surface area contributed by atoms with Crippen molar-refractivity contribution in [1.29, 1.82) is 5.26 Å². The molecule has 96 valence electrons. The number of nitrogens with two attached hydrogens (primary N) is 1. The van der Waals surface area contributed by atoms with E-state index in [1.165, 1.54) is 18.2 Å². The number of hydrogen-bond donors (Lipinski definition) is 1. The Morgan fingerprint density at radius 2 is 1.89 bits per heavy atom. The smallest absolute Gasteiger partial charge is 0.167 e. The summed E-state index contributed by atoms with van der Waals surface area (Å²) >= 11 is 0. The van der Waals surface area contributed by atoms with E-state index in [-0.39, 0.29) is 17.1 Å². The number of anilines is 1. The van der Waals surface area contributed by atoms with Crippen molar-refractivity contribution in [2.75, 3.05) is 5.73 Å². The lowest BCUT2D eigenvalue weighted by Gasteiger charge is -2.10. The minimum absolute atomic E-state index is 0.0365. The van der Waals surface area contributed by atoms with Crippen LogP contribution in [0.5, 0.6) is 11.5 Å². The van der Waals surface area contributed by atoms with Crippen molar-refractivity contribution in [2.45, 2.75) is 6.92 Å². The van der Waals surface area contributed by atoms with Crippen molar-refractivity contribution in [1.82, 2.24) is 0 Å². The van der Waals surface area contributed by atoms with Gasteiger partial charge >= 0.3 is 0 Å². The molecule has 5 heteroatoms. The van der Waals surface area contributed by atoms with Crippen LogP contribution in [-0.4, -0.2) is 0 Å². The molecule has 0 atom stereocenters. The molecular formula is C14H10F2N2O. The molecule has 2 aromatic rings. The fourth-order valence-corrected chi connectivity index (χ4v) is 1.56. The lowest BCUT2D eigenvalue weighted by molar-refractivity contribution is 0.437. The summed E-state index contributed by atoms with van der Waals surface area (Å²) in [5, 5.41) is 8.86. The van der Waals surface area contributed by atoms with Gasteiger partial charge in [0.25, 0.3) is 0 Å². The van der Waals surface area contributed by atoms with E-state index in [0.29, 0.717) is 11.3 Å². The van der Waals surface area contributed by atoms with Crippen molar-refractivity contribution in [3.63, 3.8) is 0 Å². The van der Waals surface area contributed by atoms with Crippen LogP contribution in [0, 0.1) is 29.9 Å². The van der Waals surface area contributed by atoms with Crippen LogP contribution in [0.25, 0.3) is 0 Å². The summed E-state index contributed by atoms with van der Waals surface area (Å²) in [6, 6.07) is 8.12. The van der Waals surface area contributed by atoms with Crippen molar-refractivity contribution in [3.8, 4) is 17.6 Å². The zero-order valence-corrected chi connectivity index (χ0v) is 10.1. The predicted octanol–water partition coefficient (Wildman–Crippen LogP) is 3.52. The first-order valence-corrected chi connectivity index (χ1v) is 5.45. The maximum absolute atomic E-state index is 13.7. The second-order valence-electron chi connectivity index (χ2n) is 3.97. The number of ether oxygens (including phenoxy) is 1. The van der Waals surface area contributed by atoms with Gasteiger partial charge in [-0.05, 0) is 30.7 Å². The molecule has 2 aromatic carbocycles. The molecule has 0 spiro atoms. The Morgan fingerprint density at radius 1 is 1.16 bits per heavy atom. The molecule has 0 radical (unpaired) electrons. The summed E-state index contributed by atoms with van der Waals surface area (Å²) < 4.78 is 32.3. The molecule has 0 amide bonds. The molecule has 19 heavy (non-hydrogen) atoms. The zero-order valence-electron chi connectivity index (χ0n) is 10.1. The van der Waals surface area contributed by atoms with Crippen LogP contribution < -0.4 is 10.5 Å². The van der Waals surface area contributed by atoms with Gasteiger partial charge in [-0.15, -0.1) is 0 Å². The Hall–Kier alpha value is -2.61. The molecule has 0 heterocycles. The number of benzene rings is 2.